The SMILES string of the molecule is CC1=C[CH]C=C1C.[Cl][Hf][Cl]. The van der Waals surface area contributed by atoms with Crippen LogP contribution in [0.5, 0.6) is 0 Å². The molecule has 0 N–H and O–H groups in total. The molecular weight excluding hydrogens is 333 g/mol. The summed E-state index contributed by atoms with van der Waals surface area (Å²) in [5.41, 5.74) is 2.78. The average molecular weight is 343 g/mol. The quantitative estimate of drug-likeness (QED) is 0.591. The fraction of sp³-hybridized carbons (Fsp3) is 0.286. The first-order chi connectivity index (χ1) is 4.72. The standard InChI is InChI=1S/C7H9.2ClH.Hf/c1-6-4-3-5-7(6)2;;;/h3-5H,1-2H3;2*1H;/q;;;+2/p-2. The summed E-state index contributed by atoms with van der Waals surface area (Å²) in [6.45, 7) is 4.24. The van der Waals surface area contributed by atoms with Crippen molar-refractivity contribution in [3.8, 4) is 0 Å². The molecule has 0 unspecified atom stereocenters. The Balaban J connectivity index is 0.000000236. The summed E-state index contributed by atoms with van der Waals surface area (Å²) >= 11 is -0.972. The number of halogens is 2. The first-order valence-corrected chi connectivity index (χ1v) is 11.8. The second-order valence-electron chi connectivity index (χ2n) is 1.96. The van der Waals surface area contributed by atoms with Gasteiger partial charge in [-0.1, -0.05) is 23.3 Å². The van der Waals surface area contributed by atoms with Gasteiger partial charge in [0.05, 0.1) is 0 Å². The molecular formula is C7H9Cl2Hf. The van der Waals surface area contributed by atoms with Crippen LogP contribution in [0.1, 0.15) is 13.8 Å². The van der Waals surface area contributed by atoms with Gasteiger partial charge in [-0.05, 0) is 13.8 Å². The molecule has 0 bridgehead atoms. The third-order valence-corrected chi connectivity index (χ3v) is 1.31. The molecule has 10 heavy (non-hydrogen) atoms. The third kappa shape index (κ3) is 4.70. The van der Waals surface area contributed by atoms with Crippen LogP contribution in [0.25, 0.3) is 0 Å². The van der Waals surface area contributed by atoms with E-state index < -0.39 is 20.5 Å². The fourth-order valence-corrected chi connectivity index (χ4v) is 0.600. The summed E-state index contributed by atoms with van der Waals surface area (Å²) in [7, 11) is 9.92. The van der Waals surface area contributed by atoms with Gasteiger partial charge in [0.1, 0.15) is 0 Å². The molecule has 0 heterocycles. The molecule has 1 aliphatic rings. The topological polar surface area (TPSA) is 0 Å². The van der Waals surface area contributed by atoms with E-state index >= 15 is 0 Å². The maximum absolute atomic E-state index is 4.96. The average Bonchev–Trinajstić information content (AvgIpc) is 2.19. The molecule has 0 aromatic rings. The number of rotatable bonds is 0. The van der Waals surface area contributed by atoms with Crippen LogP contribution in [0, 0.1) is 6.42 Å². The third-order valence-electron chi connectivity index (χ3n) is 1.31. The van der Waals surface area contributed by atoms with Crippen LogP contribution in [0.2, 0.25) is 0 Å². The second kappa shape index (κ2) is 6.63. The van der Waals surface area contributed by atoms with Crippen LogP contribution < -0.4 is 0 Å². The van der Waals surface area contributed by atoms with E-state index in [0.29, 0.717) is 0 Å². The van der Waals surface area contributed by atoms with E-state index in [1.165, 1.54) is 11.1 Å². The van der Waals surface area contributed by atoms with Crippen LogP contribution in [-0.2, 0) is 20.5 Å². The minimum absolute atomic E-state index is 0.972. The van der Waals surface area contributed by atoms with Crippen molar-refractivity contribution in [2.45, 2.75) is 13.8 Å². The van der Waals surface area contributed by atoms with Gasteiger partial charge in [0.25, 0.3) is 0 Å². The predicted molar refractivity (Wildman–Crippen MR) is 43.5 cm³/mol. The van der Waals surface area contributed by atoms with Gasteiger partial charge in [0, 0.05) is 6.42 Å². The van der Waals surface area contributed by atoms with Gasteiger partial charge in [0.15, 0.2) is 0 Å². The molecule has 0 fully saturated rings. The minimum atomic E-state index is -0.972. The van der Waals surface area contributed by atoms with Gasteiger partial charge >= 0.3 is 37.7 Å². The van der Waals surface area contributed by atoms with E-state index in [9.17, 15) is 0 Å². The number of allylic oxidation sites excluding steroid dienone is 4. The first-order valence-electron chi connectivity index (χ1n) is 2.87. The first kappa shape index (κ1) is 10.9. The zero-order valence-corrected chi connectivity index (χ0v) is 11.1. The zero-order chi connectivity index (χ0) is 7.98. The Bertz CT molecular complexity index is 134. The molecule has 0 aromatic carbocycles. The fourth-order valence-electron chi connectivity index (χ4n) is 0.600. The molecule has 0 saturated heterocycles. The molecule has 0 aromatic heterocycles. The van der Waals surface area contributed by atoms with Crippen molar-refractivity contribution in [2.24, 2.45) is 0 Å². The molecule has 0 spiro atoms. The van der Waals surface area contributed by atoms with Crippen molar-refractivity contribution in [1.82, 2.24) is 0 Å². The summed E-state index contributed by atoms with van der Waals surface area (Å²) < 4.78 is 0. The van der Waals surface area contributed by atoms with Crippen molar-refractivity contribution >= 4 is 17.2 Å². The van der Waals surface area contributed by atoms with Gasteiger partial charge in [-0.2, -0.15) is 0 Å². The van der Waals surface area contributed by atoms with Crippen LogP contribution in [0.15, 0.2) is 23.3 Å². The molecule has 1 aliphatic carbocycles. The molecule has 0 amide bonds. The summed E-state index contributed by atoms with van der Waals surface area (Å²) in [6.07, 6.45) is 6.31. The molecule has 0 saturated carbocycles. The van der Waals surface area contributed by atoms with Gasteiger partial charge in [-0.15, -0.1) is 0 Å². The van der Waals surface area contributed by atoms with Crippen LogP contribution in [0.3, 0.4) is 0 Å². The molecule has 0 aliphatic heterocycles. The van der Waals surface area contributed by atoms with Gasteiger partial charge in [0.2, 0.25) is 0 Å². The van der Waals surface area contributed by atoms with Crippen LogP contribution in [-0.4, -0.2) is 0 Å². The molecule has 1 rings (SSSR count). The van der Waals surface area contributed by atoms with Gasteiger partial charge in [-0.25, -0.2) is 0 Å². The van der Waals surface area contributed by atoms with Crippen molar-refractivity contribution in [2.75, 3.05) is 0 Å². The molecule has 0 nitrogen and oxygen atoms in total. The Kier molecular flexibility index (Phi) is 7.25. The summed E-state index contributed by atoms with van der Waals surface area (Å²) in [4.78, 5) is 0. The molecule has 55 valence electrons. The predicted octanol–water partition coefficient (Wildman–Crippen LogP) is 3.47. The van der Waals surface area contributed by atoms with Gasteiger partial charge in [-0.3, -0.25) is 0 Å². The number of hydrogen-bond acceptors (Lipinski definition) is 0. The summed E-state index contributed by atoms with van der Waals surface area (Å²) in [5.74, 6) is 0. The maximum atomic E-state index is 4.96. The molecule has 0 atom stereocenters. The van der Waals surface area contributed by atoms with E-state index in [1.54, 1.807) is 0 Å². The second-order valence-corrected chi connectivity index (χ2v) is 7.15. The summed E-state index contributed by atoms with van der Waals surface area (Å²) in [6, 6.07) is 0. The van der Waals surface area contributed by atoms with Crippen LogP contribution >= 0.6 is 17.2 Å². The van der Waals surface area contributed by atoms with E-state index in [0.717, 1.165) is 0 Å². The monoisotopic (exact) mass is 343 g/mol. The van der Waals surface area contributed by atoms with Crippen molar-refractivity contribution in [3.05, 3.63) is 29.7 Å². The Hall–Kier alpha value is 0.930. The van der Waals surface area contributed by atoms with Gasteiger partial charge < -0.3 is 0 Å². The normalized spacial score (nSPS) is 14.8. The van der Waals surface area contributed by atoms with E-state index in [4.69, 9.17) is 17.2 Å². The summed E-state index contributed by atoms with van der Waals surface area (Å²) in [5, 5.41) is 0. The molecule has 1 radical (unpaired) electrons. The Morgan fingerprint density at radius 2 is 1.40 bits per heavy atom. The van der Waals surface area contributed by atoms with Crippen molar-refractivity contribution in [1.29, 1.82) is 0 Å². The Labute approximate surface area is 80.8 Å². The zero-order valence-electron chi connectivity index (χ0n) is 5.99. The van der Waals surface area contributed by atoms with E-state index in [2.05, 4.69) is 32.4 Å². The van der Waals surface area contributed by atoms with Crippen molar-refractivity contribution in [3.63, 3.8) is 0 Å². The van der Waals surface area contributed by atoms with E-state index in [-0.39, 0.29) is 0 Å². The Morgan fingerprint density at radius 1 is 1.10 bits per heavy atom. The number of hydrogen-bond donors (Lipinski definition) is 0. The van der Waals surface area contributed by atoms with Crippen LogP contribution in [0.4, 0.5) is 0 Å². The van der Waals surface area contributed by atoms with E-state index in [1.807, 2.05) is 0 Å². The Morgan fingerprint density at radius 3 is 1.50 bits per heavy atom. The van der Waals surface area contributed by atoms with Crippen molar-refractivity contribution < 1.29 is 20.5 Å². The molecule has 3 heteroatoms.